The molecule has 0 saturated heterocycles. The van der Waals surface area contributed by atoms with E-state index in [1.165, 1.54) is 0 Å². The Hall–Kier alpha value is -1.13. The standard InChI is InChI=1S/CH3NO2.CH3NO/c1-2(3)4;2-1-3/h1H3;1H,(H2,2,3). The van der Waals surface area contributed by atoms with Crippen LogP contribution >= 0.6 is 0 Å². The number of nitrogens with zero attached hydrogens (tertiary/aromatic N) is 1. The molecule has 1 amide bonds. The van der Waals surface area contributed by atoms with Gasteiger partial charge in [-0.05, 0) is 0 Å². The lowest BCUT2D eigenvalue weighted by molar-refractivity contribution is -0.445. The summed E-state index contributed by atoms with van der Waals surface area (Å²) in [7, 11) is 0.889. The first-order valence-electron chi connectivity index (χ1n) is 1.38. The van der Waals surface area contributed by atoms with Crippen molar-refractivity contribution in [1.29, 1.82) is 0 Å². The van der Waals surface area contributed by atoms with Crippen LogP contribution in [0.2, 0.25) is 0 Å². The van der Waals surface area contributed by atoms with Crippen molar-refractivity contribution in [2.75, 3.05) is 7.05 Å². The Morgan fingerprint density at radius 3 is 1.86 bits per heavy atom. The average molecular weight is 106 g/mol. The molecule has 0 atom stereocenters. The molecule has 2 N–H and O–H groups in total. The van der Waals surface area contributed by atoms with Crippen LogP contribution in [0.5, 0.6) is 0 Å². The molecule has 0 heterocycles. The molecule has 0 aliphatic heterocycles. The van der Waals surface area contributed by atoms with Crippen molar-refractivity contribution in [3.05, 3.63) is 10.1 Å². The highest BCUT2D eigenvalue weighted by Gasteiger charge is 1.57. The number of carbonyl (C=O) groups is 1. The minimum atomic E-state index is -0.500. The number of hydrogen-bond acceptors (Lipinski definition) is 3. The smallest absolute Gasteiger partial charge is 0.204 e. The normalized spacial score (nSPS) is 5.29. The molecule has 0 bridgehead atoms. The molecule has 0 unspecified atom stereocenters. The summed E-state index contributed by atoms with van der Waals surface area (Å²) < 4.78 is 0. The highest BCUT2D eigenvalue weighted by Crippen LogP contribution is 1.39. The number of carbonyl (C=O) groups excluding carboxylic acids is 1. The Balaban J connectivity index is 0. The van der Waals surface area contributed by atoms with Crippen LogP contribution in [0.4, 0.5) is 0 Å². The van der Waals surface area contributed by atoms with E-state index in [1.807, 2.05) is 0 Å². The van der Waals surface area contributed by atoms with Gasteiger partial charge in [-0.15, -0.1) is 0 Å². The summed E-state index contributed by atoms with van der Waals surface area (Å²) in [5, 5.41) is 8.81. The summed E-state index contributed by atoms with van der Waals surface area (Å²) in [6.45, 7) is 0. The van der Waals surface area contributed by atoms with Gasteiger partial charge in [0.05, 0.1) is 0 Å². The summed E-state index contributed by atoms with van der Waals surface area (Å²) in [6, 6.07) is 0. The van der Waals surface area contributed by atoms with Gasteiger partial charge in [-0.3, -0.25) is 14.9 Å². The molecule has 0 aromatic rings. The third-order valence-corrected chi connectivity index (χ3v) is 0. The van der Waals surface area contributed by atoms with Gasteiger partial charge in [0, 0.05) is 4.92 Å². The second-order valence-electron chi connectivity index (χ2n) is 0.576. The SMILES string of the molecule is C[N+](=O)[O-].NC=O. The van der Waals surface area contributed by atoms with E-state index >= 15 is 0 Å². The molecule has 0 radical (unpaired) electrons. The first-order valence-corrected chi connectivity index (χ1v) is 1.38. The molecule has 0 aromatic carbocycles. The van der Waals surface area contributed by atoms with E-state index in [0.717, 1.165) is 7.05 Å². The third kappa shape index (κ3) is 31.4. The number of primary amides is 1. The molecular weight excluding hydrogens is 100 g/mol. The van der Waals surface area contributed by atoms with Crippen LogP contribution in [0.15, 0.2) is 0 Å². The highest BCUT2D eigenvalue weighted by atomic mass is 16.6. The van der Waals surface area contributed by atoms with E-state index in [1.54, 1.807) is 0 Å². The van der Waals surface area contributed by atoms with Crippen LogP contribution in [0.3, 0.4) is 0 Å². The van der Waals surface area contributed by atoms with Crippen LogP contribution in [-0.4, -0.2) is 18.4 Å². The summed E-state index contributed by atoms with van der Waals surface area (Å²) in [5.41, 5.74) is 4.17. The Morgan fingerprint density at radius 1 is 1.86 bits per heavy atom. The molecule has 42 valence electrons. The van der Waals surface area contributed by atoms with Gasteiger partial charge in [0.1, 0.15) is 0 Å². The molecule has 5 nitrogen and oxygen atoms in total. The fraction of sp³-hybridized carbons (Fsp3) is 0.500. The van der Waals surface area contributed by atoms with E-state index < -0.39 is 4.92 Å². The maximum atomic E-state index is 8.81. The largest absolute Gasteiger partial charge is 0.372 e. The molecule has 7 heavy (non-hydrogen) atoms. The predicted octanol–water partition coefficient (Wildman–Crippen LogP) is -1.01. The molecule has 0 saturated carbocycles. The van der Waals surface area contributed by atoms with Crippen molar-refractivity contribution in [3.8, 4) is 0 Å². The van der Waals surface area contributed by atoms with E-state index in [-0.39, 0.29) is 6.41 Å². The van der Waals surface area contributed by atoms with Gasteiger partial charge in [-0.1, -0.05) is 0 Å². The molecular formula is C2H6N2O3. The van der Waals surface area contributed by atoms with Gasteiger partial charge in [-0.2, -0.15) is 0 Å². The van der Waals surface area contributed by atoms with Crippen molar-refractivity contribution < 1.29 is 9.72 Å². The van der Waals surface area contributed by atoms with Crippen LogP contribution in [0.25, 0.3) is 0 Å². The van der Waals surface area contributed by atoms with Crippen molar-refractivity contribution >= 4 is 6.41 Å². The van der Waals surface area contributed by atoms with E-state index in [9.17, 15) is 0 Å². The second-order valence-corrected chi connectivity index (χ2v) is 0.576. The first kappa shape index (κ1) is 9.30. The minimum absolute atomic E-state index is 0.250. The summed E-state index contributed by atoms with van der Waals surface area (Å²) in [4.78, 5) is 16.9. The van der Waals surface area contributed by atoms with Crippen LogP contribution in [0.1, 0.15) is 0 Å². The van der Waals surface area contributed by atoms with Gasteiger partial charge >= 0.3 is 0 Å². The molecule has 0 rings (SSSR count). The monoisotopic (exact) mass is 106 g/mol. The summed E-state index contributed by atoms with van der Waals surface area (Å²) >= 11 is 0. The number of amides is 1. The second kappa shape index (κ2) is 8.85. The average Bonchev–Trinajstić information content (AvgIpc) is 1.33. The van der Waals surface area contributed by atoms with Crippen molar-refractivity contribution in [1.82, 2.24) is 0 Å². The molecule has 0 aromatic heterocycles. The quantitative estimate of drug-likeness (QED) is 0.244. The zero-order chi connectivity index (χ0) is 6.28. The lowest BCUT2D eigenvalue weighted by Crippen LogP contribution is -1.82. The van der Waals surface area contributed by atoms with Crippen molar-refractivity contribution in [3.63, 3.8) is 0 Å². The fourth-order valence-corrected chi connectivity index (χ4v) is 0. The maximum Gasteiger partial charge on any atom is 0.204 e. The Bertz CT molecular complexity index is 58.0. The molecule has 0 aliphatic rings. The van der Waals surface area contributed by atoms with Gasteiger partial charge in [-0.25, -0.2) is 0 Å². The zero-order valence-corrected chi connectivity index (χ0v) is 3.83. The minimum Gasteiger partial charge on any atom is -0.372 e. The molecule has 5 heteroatoms. The predicted molar refractivity (Wildman–Crippen MR) is 23.2 cm³/mol. The van der Waals surface area contributed by atoms with Gasteiger partial charge in [0.15, 0.2) is 7.05 Å². The van der Waals surface area contributed by atoms with Gasteiger partial charge in [0.25, 0.3) is 0 Å². The zero-order valence-electron chi connectivity index (χ0n) is 3.83. The van der Waals surface area contributed by atoms with Crippen LogP contribution < -0.4 is 5.73 Å². The Morgan fingerprint density at radius 2 is 1.86 bits per heavy atom. The van der Waals surface area contributed by atoms with Crippen molar-refractivity contribution in [2.45, 2.75) is 0 Å². The van der Waals surface area contributed by atoms with Crippen molar-refractivity contribution in [2.24, 2.45) is 5.73 Å². The van der Waals surface area contributed by atoms with Gasteiger partial charge in [0.2, 0.25) is 6.41 Å². The highest BCUT2D eigenvalue weighted by molar-refractivity contribution is 5.42. The Labute approximate surface area is 40.3 Å². The van der Waals surface area contributed by atoms with Gasteiger partial charge < -0.3 is 5.73 Å². The maximum absolute atomic E-state index is 8.81. The molecule has 0 fully saturated rings. The van der Waals surface area contributed by atoms with Crippen LogP contribution in [0, 0.1) is 10.1 Å². The molecule has 0 aliphatic carbocycles. The number of nitrogens with two attached hydrogens (primary N) is 1. The number of rotatable bonds is 0. The summed E-state index contributed by atoms with van der Waals surface area (Å²) in [6.07, 6.45) is 0.250. The summed E-state index contributed by atoms with van der Waals surface area (Å²) in [5.74, 6) is 0. The lowest BCUT2D eigenvalue weighted by Gasteiger charge is -1.63. The fourth-order valence-electron chi connectivity index (χ4n) is 0. The number of hydrogen-bond donors (Lipinski definition) is 1. The Kier molecular flexibility index (Phi) is 11.8. The van der Waals surface area contributed by atoms with E-state index in [2.05, 4.69) is 5.73 Å². The first-order chi connectivity index (χ1) is 3.15. The molecule has 0 spiro atoms. The van der Waals surface area contributed by atoms with Crippen LogP contribution in [-0.2, 0) is 4.79 Å². The van der Waals surface area contributed by atoms with E-state index in [4.69, 9.17) is 14.9 Å². The lowest BCUT2D eigenvalue weighted by atomic mass is 11.5. The number of nitro groups is 1. The topological polar surface area (TPSA) is 86.2 Å². The third-order valence-electron chi connectivity index (χ3n) is 0. The van der Waals surface area contributed by atoms with E-state index in [0.29, 0.717) is 0 Å².